The third-order valence-corrected chi connectivity index (χ3v) is 3.02. The van der Waals surface area contributed by atoms with Crippen LogP contribution in [-0.4, -0.2) is 21.1 Å². The van der Waals surface area contributed by atoms with Crippen molar-refractivity contribution in [3.63, 3.8) is 0 Å². The van der Waals surface area contributed by atoms with E-state index in [1.54, 1.807) is 13.1 Å². The van der Waals surface area contributed by atoms with Gasteiger partial charge in [-0.15, -0.1) is 0 Å². The Balaban J connectivity index is 1.98. The van der Waals surface area contributed by atoms with Gasteiger partial charge in [0.15, 0.2) is 5.12 Å². The molecule has 0 radical (unpaired) electrons. The Morgan fingerprint density at radius 2 is 2.41 bits per heavy atom. The summed E-state index contributed by atoms with van der Waals surface area (Å²) in [5, 5.41) is 8.06. The van der Waals surface area contributed by atoms with Gasteiger partial charge in [-0.25, -0.2) is 0 Å². The molecule has 0 atom stereocenters. The van der Waals surface area contributed by atoms with Gasteiger partial charge in [-0.05, 0) is 18.2 Å². The van der Waals surface area contributed by atoms with Crippen LogP contribution < -0.4 is 0 Å². The molecule has 0 saturated carbocycles. The SMILES string of the molecule is CC(=O)SCCC#Cc1ccc2[nH]ncc2c1. The molecule has 0 aliphatic rings. The van der Waals surface area contributed by atoms with Gasteiger partial charge in [-0.1, -0.05) is 23.6 Å². The van der Waals surface area contributed by atoms with Crippen molar-refractivity contribution in [3.05, 3.63) is 30.0 Å². The molecule has 0 aliphatic carbocycles. The molecule has 0 fully saturated rings. The van der Waals surface area contributed by atoms with Crippen LogP contribution in [-0.2, 0) is 4.79 Å². The minimum atomic E-state index is 0.145. The van der Waals surface area contributed by atoms with Gasteiger partial charge in [0.2, 0.25) is 0 Å². The van der Waals surface area contributed by atoms with Crippen LogP contribution in [0.15, 0.2) is 24.4 Å². The van der Waals surface area contributed by atoms with Crippen LogP contribution in [0.3, 0.4) is 0 Å². The summed E-state index contributed by atoms with van der Waals surface area (Å²) in [6, 6.07) is 5.94. The zero-order valence-corrected chi connectivity index (χ0v) is 10.3. The largest absolute Gasteiger partial charge is 0.288 e. The van der Waals surface area contributed by atoms with Crippen LogP contribution >= 0.6 is 11.8 Å². The lowest BCUT2D eigenvalue weighted by Gasteiger charge is -1.91. The summed E-state index contributed by atoms with van der Waals surface area (Å²) in [7, 11) is 0. The van der Waals surface area contributed by atoms with E-state index in [0.29, 0.717) is 0 Å². The maximum absolute atomic E-state index is 10.7. The standard InChI is InChI=1S/C13H12N2OS/c1-10(16)17-7-3-2-4-11-5-6-13-12(8-11)9-14-15-13/h5-6,8-9H,3,7H2,1H3,(H,14,15). The van der Waals surface area contributed by atoms with Crippen molar-refractivity contribution in [2.24, 2.45) is 0 Å². The molecule has 2 rings (SSSR count). The number of carbonyl (C=O) groups excluding carboxylic acids is 1. The van der Waals surface area contributed by atoms with Crippen molar-refractivity contribution in [1.29, 1.82) is 0 Å². The molecular formula is C13H12N2OS. The first-order chi connectivity index (χ1) is 8.25. The number of thioether (sulfide) groups is 1. The molecule has 4 heteroatoms. The molecular weight excluding hydrogens is 232 g/mol. The molecule has 1 aromatic carbocycles. The molecule has 0 unspecified atom stereocenters. The van der Waals surface area contributed by atoms with Crippen molar-refractivity contribution >= 4 is 27.8 Å². The van der Waals surface area contributed by atoms with Crippen LogP contribution in [0, 0.1) is 11.8 Å². The quantitative estimate of drug-likeness (QED) is 0.652. The molecule has 0 saturated heterocycles. The molecule has 86 valence electrons. The van der Waals surface area contributed by atoms with Gasteiger partial charge in [-0.3, -0.25) is 9.89 Å². The smallest absolute Gasteiger partial charge is 0.185 e. The Labute approximate surface area is 104 Å². The topological polar surface area (TPSA) is 45.8 Å². The molecule has 1 aromatic heterocycles. The highest BCUT2D eigenvalue weighted by molar-refractivity contribution is 8.13. The van der Waals surface area contributed by atoms with E-state index in [9.17, 15) is 4.79 Å². The average molecular weight is 244 g/mol. The van der Waals surface area contributed by atoms with Crippen molar-refractivity contribution in [2.45, 2.75) is 13.3 Å². The normalized spacial score (nSPS) is 9.94. The number of fused-ring (bicyclic) bond motifs is 1. The molecule has 0 aliphatic heterocycles. The molecule has 17 heavy (non-hydrogen) atoms. The van der Waals surface area contributed by atoms with Crippen molar-refractivity contribution in [1.82, 2.24) is 10.2 Å². The van der Waals surface area contributed by atoms with Gasteiger partial charge in [0.05, 0.1) is 11.7 Å². The molecule has 0 spiro atoms. The highest BCUT2D eigenvalue weighted by Gasteiger charge is 1.95. The van der Waals surface area contributed by atoms with Gasteiger partial charge < -0.3 is 0 Å². The summed E-state index contributed by atoms with van der Waals surface area (Å²) >= 11 is 1.31. The fraction of sp³-hybridized carbons (Fsp3) is 0.231. The van der Waals surface area contributed by atoms with E-state index in [-0.39, 0.29) is 5.12 Å². The predicted octanol–water partition coefficient (Wildman–Crippen LogP) is 2.58. The summed E-state index contributed by atoms with van der Waals surface area (Å²) in [6.07, 6.45) is 2.51. The van der Waals surface area contributed by atoms with Crippen LogP contribution in [0.1, 0.15) is 18.9 Å². The summed E-state index contributed by atoms with van der Waals surface area (Å²) in [5.41, 5.74) is 1.99. The first kappa shape index (κ1) is 11.7. The Morgan fingerprint density at radius 3 is 3.24 bits per heavy atom. The number of H-pyrrole nitrogens is 1. The van der Waals surface area contributed by atoms with Gasteiger partial charge in [0.1, 0.15) is 0 Å². The average Bonchev–Trinajstić information content (AvgIpc) is 2.75. The lowest BCUT2D eigenvalue weighted by Crippen LogP contribution is -1.84. The van der Waals surface area contributed by atoms with Gasteiger partial charge in [0.25, 0.3) is 0 Å². The number of hydrogen-bond donors (Lipinski definition) is 1. The molecule has 0 bridgehead atoms. The zero-order chi connectivity index (χ0) is 12.1. The summed E-state index contributed by atoms with van der Waals surface area (Å²) in [4.78, 5) is 10.7. The van der Waals surface area contributed by atoms with E-state index in [0.717, 1.165) is 28.6 Å². The molecule has 3 nitrogen and oxygen atoms in total. The molecule has 0 amide bonds. The molecule has 2 aromatic rings. The van der Waals surface area contributed by atoms with Crippen LogP contribution in [0.5, 0.6) is 0 Å². The minimum absolute atomic E-state index is 0.145. The predicted molar refractivity (Wildman–Crippen MR) is 70.7 cm³/mol. The zero-order valence-electron chi connectivity index (χ0n) is 9.49. The van der Waals surface area contributed by atoms with E-state index < -0.39 is 0 Å². The maximum Gasteiger partial charge on any atom is 0.185 e. The monoisotopic (exact) mass is 244 g/mol. The second-order valence-corrected chi connectivity index (χ2v) is 4.84. The Morgan fingerprint density at radius 1 is 1.53 bits per heavy atom. The number of carbonyl (C=O) groups is 1. The second kappa shape index (κ2) is 5.55. The van der Waals surface area contributed by atoms with Crippen molar-refractivity contribution < 1.29 is 4.79 Å². The van der Waals surface area contributed by atoms with Gasteiger partial charge >= 0.3 is 0 Å². The minimum Gasteiger partial charge on any atom is -0.288 e. The lowest BCUT2D eigenvalue weighted by molar-refractivity contribution is -0.109. The van der Waals surface area contributed by atoms with Crippen molar-refractivity contribution in [2.75, 3.05) is 5.75 Å². The van der Waals surface area contributed by atoms with E-state index >= 15 is 0 Å². The fourth-order valence-corrected chi connectivity index (χ4v) is 1.92. The first-order valence-corrected chi connectivity index (χ1v) is 6.29. The third kappa shape index (κ3) is 3.36. The lowest BCUT2D eigenvalue weighted by atomic mass is 10.1. The van der Waals surface area contributed by atoms with E-state index in [4.69, 9.17) is 0 Å². The summed E-state index contributed by atoms with van der Waals surface area (Å²) in [6.45, 7) is 1.57. The Hall–Kier alpha value is -1.73. The van der Waals surface area contributed by atoms with Crippen molar-refractivity contribution in [3.8, 4) is 11.8 Å². The first-order valence-electron chi connectivity index (χ1n) is 5.31. The van der Waals surface area contributed by atoms with Gasteiger partial charge in [0, 0.05) is 30.0 Å². The number of nitrogens with one attached hydrogen (secondary N) is 1. The highest BCUT2D eigenvalue weighted by Crippen LogP contribution is 2.12. The number of benzene rings is 1. The Bertz CT molecular complexity index is 592. The van der Waals surface area contributed by atoms with Gasteiger partial charge in [-0.2, -0.15) is 5.10 Å². The number of aromatic amines is 1. The maximum atomic E-state index is 10.7. The molecule has 1 heterocycles. The number of hydrogen-bond acceptors (Lipinski definition) is 3. The van der Waals surface area contributed by atoms with E-state index in [1.807, 2.05) is 18.2 Å². The Kier molecular flexibility index (Phi) is 3.84. The highest BCUT2D eigenvalue weighted by atomic mass is 32.2. The van der Waals surface area contributed by atoms with Crippen LogP contribution in [0.4, 0.5) is 0 Å². The van der Waals surface area contributed by atoms with Crippen LogP contribution in [0.2, 0.25) is 0 Å². The number of rotatable bonds is 2. The van der Waals surface area contributed by atoms with Crippen LogP contribution in [0.25, 0.3) is 10.9 Å². The summed E-state index contributed by atoms with van der Waals surface area (Å²) in [5.74, 6) is 6.90. The second-order valence-electron chi connectivity index (χ2n) is 3.56. The van der Waals surface area contributed by atoms with E-state index in [1.165, 1.54) is 11.8 Å². The summed E-state index contributed by atoms with van der Waals surface area (Å²) < 4.78 is 0. The fourth-order valence-electron chi connectivity index (χ4n) is 1.43. The van der Waals surface area contributed by atoms with E-state index in [2.05, 4.69) is 22.0 Å². The number of aromatic nitrogens is 2. The third-order valence-electron chi connectivity index (χ3n) is 2.21. The molecule has 1 N–H and O–H groups in total. The number of nitrogens with zero attached hydrogens (tertiary/aromatic N) is 1.